The Balaban J connectivity index is 0.000000238. The molecule has 1 atom stereocenters. The number of H-pyrrole nitrogens is 1. The van der Waals surface area contributed by atoms with Crippen molar-refractivity contribution in [3.63, 3.8) is 0 Å². The number of aromatic nitrogens is 3. The first-order chi connectivity index (χ1) is 20.1. The van der Waals surface area contributed by atoms with Crippen molar-refractivity contribution in [1.82, 2.24) is 19.9 Å². The zero-order valence-corrected chi connectivity index (χ0v) is 22.3. The van der Waals surface area contributed by atoms with Crippen LogP contribution in [0, 0.1) is 0 Å². The van der Waals surface area contributed by atoms with Crippen molar-refractivity contribution in [2.24, 2.45) is 5.73 Å². The molecule has 14 heteroatoms. The maximum absolute atomic E-state index is 12.4. The lowest BCUT2D eigenvalue weighted by Crippen LogP contribution is -2.27. The van der Waals surface area contributed by atoms with Gasteiger partial charge in [0.1, 0.15) is 11.4 Å². The second kappa shape index (κ2) is 12.6. The fourth-order valence-electron chi connectivity index (χ4n) is 4.68. The zero-order chi connectivity index (χ0) is 30.0. The number of hydrogen-bond donors (Lipinski definition) is 5. The van der Waals surface area contributed by atoms with Gasteiger partial charge in [0.25, 0.3) is 17.4 Å². The molecule has 0 saturated heterocycles. The van der Waals surface area contributed by atoms with Crippen molar-refractivity contribution < 1.29 is 33.8 Å². The molecule has 0 spiro atoms. The number of fused-ring (bicyclic) bond motifs is 3. The number of rotatable bonds is 5. The number of carboxylic acids is 1. The molecule has 6 rings (SSSR count). The van der Waals surface area contributed by atoms with Crippen molar-refractivity contribution in [2.75, 3.05) is 19.0 Å². The molecule has 1 aliphatic heterocycles. The summed E-state index contributed by atoms with van der Waals surface area (Å²) < 4.78 is 10.9. The molecule has 0 bridgehead atoms. The van der Waals surface area contributed by atoms with E-state index in [1.165, 1.54) is 12.7 Å². The van der Waals surface area contributed by atoms with Gasteiger partial charge in [0.05, 0.1) is 18.4 Å². The van der Waals surface area contributed by atoms with E-state index in [2.05, 4.69) is 25.5 Å². The van der Waals surface area contributed by atoms with Gasteiger partial charge in [-0.1, -0.05) is 19.6 Å². The fraction of sp³-hybridized carbons (Fsp3) is 0.241. The Labute approximate surface area is 244 Å². The fourth-order valence-corrected chi connectivity index (χ4v) is 4.68. The molecule has 0 saturated carbocycles. The molecule has 4 aromatic rings. The highest BCUT2D eigenvalue weighted by atomic mass is 16.5. The summed E-state index contributed by atoms with van der Waals surface area (Å²) in [5, 5.41) is 16.9. The van der Waals surface area contributed by atoms with Gasteiger partial charge in [-0.3, -0.25) is 19.5 Å². The molecule has 2 aromatic heterocycles. The molecular formula is C29H30N6O8. The standard InChI is InChI=1S/C17H13N5O6.C11H13NO2.CH4/c23-14-5-13-19-10(4-11(17(26)27)22(13)21-14)16(25)18-6-8-1-2-12-9(3-8)20-15(24)7-28-12;1-14-11(13)8-2-4-9-7(6-8)3-5-10(9)12;/h1-5H,6-7H2,(H,18,25)(H,20,24)(H,21,23)(H,26,27);2,4,6,10H,3,5,12H2,1H3;1H4/t;10-;/m.0./s1. The van der Waals surface area contributed by atoms with E-state index in [9.17, 15) is 29.1 Å². The molecule has 1 aliphatic carbocycles. The third-order valence-electron chi connectivity index (χ3n) is 6.73. The van der Waals surface area contributed by atoms with Crippen LogP contribution in [0.4, 0.5) is 5.69 Å². The van der Waals surface area contributed by atoms with Gasteiger partial charge in [0.2, 0.25) is 0 Å². The number of methoxy groups -OCH3 is 1. The number of carbonyl (C=O) groups is 4. The van der Waals surface area contributed by atoms with E-state index in [1.54, 1.807) is 24.3 Å². The van der Waals surface area contributed by atoms with E-state index in [0.717, 1.165) is 35.1 Å². The number of nitrogens with two attached hydrogens (primary N) is 1. The molecule has 2 aliphatic rings. The highest BCUT2D eigenvalue weighted by Crippen LogP contribution is 2.30. The molecule has 14 nitrogen and oxygen atoms in total. The van der Waals surface area contributed by atoms with Crippen LogP contribution in [0.2, 0.25) is 0 Å². The van der Waals surface area contributed by atoms with Gasteiger partial charge in [0, 0.05) is 24.7 Å². The quantitative estimate of drug-likeness (QED) is 0.214. The molecule has 6 N–H and O–H groups in total. The van der Waals surface area contributed by atoms with Crippen LogP contribution in [0.25, 0.3) is 5.65 Å². The zero-order valence-electron chi connectivity index (χ0n) is 22.3. The van der Waals surface area contributed by atoms with Gasteiger partial charge in [0.15, 0.2) is 17.9 Å². The molecular weight excluding hydrogens is 560 g/mol. The Morgan fingerprint density at radius 3 is 2.70 bits per heavy atom. The van der Waals surface area contributed by atoms with Crippen molar-refractivity contribution in [3.05, 3.63) is 92.5 Å². The summed E-state index contributed by atoms with van der Waals surface area (Å²) in [6, 6.07) is 12.9. The Morgan fingerprint density at radius 2 is 1.95 bits per heavy atom. The van der Waals surface area contributed by atoms with E-state index in [4.69, 9.17) is 10.5 Å². The number of aromatic carboxylic acids is 1. The number of aryl methyl sites for hydroxylation is 1. The van der Waals surface area contributed by atoms with Gasteiger partial charge in [-0.25, -0.2) is 19.1 Å². The van der Waals surface area contributed by atoms with Crippen LogP contribution < -0.4 is 26.7 Å². The lowest BCUT2D eigenvalue weighted by atomic mass is 10.1. The maximum Gasteiger partial charge on any atom is 0.354 e. The first-order valence-corrected chi connectivity index (χ1v) is 12.8. The maximum atomic E-state index is 12.4. The largest absolute Gasteiger partial charge is 0.482 e. The average Bonchev–Trinajstić information content (AvgIpc) is 3.55. The molecule has 0 unspecified atom stereocenters. The van der Waals surface area contributed by atoms with E-state index < -0.39 is 17.4 Å². The van der Waals surface area contributed by atoms with Gasteiger partial charge in [-0.15, -0.1) is 0 Å². The first kappa shape index (κ1) is 30.5. The number of amides is 2. The molecule has 2 amide bonds. The minimum atomic E-state index is -1.32. The Morgan fingerprint density at radius 1 is 1.16 bits per heavy atom. The van der Waals surface area contributed by atoms with E-state index >= 15 is 0 Å². The number of nitrogens with one attached hydrogen (secondary N) is 3. The second-order valence-corrected chi connectivity index (χ2v) is 9.55. The number of hydrogen-bond acceptors (Lipinski definition) is 9. The van der Waals surface area contributed by atoms with Crippen LogP contribution >= 0.6 is 0 Å². The Hall–Kier alpha value is -5.50. The number of benzene rings is 2. The van der Waals surface area contributed by atoms with Crippen LogP contribution in [-0.2, 0) is 22.5 Å². The first-order valence-electron chi connectivity index (χ1n) is 12.8. The summed E-state index contributed by atoms with van der Waals surface area (Å²) in [5.41, 5.74) is 9.07. The molecule has 2 aromatic carbocycles. The van der Waals surface area contributed by atoms with Crippen LogP contribution in [0.3, 0.4) is 0 Å². The molecule has 0 fully saturated rings. The van der Waals surface area contributed by atoms with Crippen molar-refractivity contribution in [2.45, 2.75) is 32.9 Å². The summed E-state index contributed by atoms with van der Waals surface area (Å²) >= 11 is 0. The minimum Gasteiger partial charge on any atom is -0.482 e. The van der Waals surface area contributed by atoms with E-state index in [1.807, 2.05) is 12.1 Å². The Kier molecular flexibility index (Phi) is 8.90. The van der Waals surface area contributed by atoms with Crippen molar-refractivity contribution >= 4 is 35.1 Å². The summed E-state index contributed by atoms with van der Waals surface area (Å²) in [4.78, 5) is 61.9. The third kappa shape index (κ3) is 6.54. The van der Waals surface area contributed by atoms with Gasteiger partial charge in [-0.2, -0.15) is 0 Å². The highest BCUT2D eigenvalue weighted by molar-refractivity contribution is 5.96. The molecule has 3 heterocycles. The van der Waals surface area contributed by atoms with Crippen molar-refractivity contribution in [3.8, 4) is 5.75 Å². The molecule has 43 heavy (non-hydrogen) atoms. The molecule has 224 valence electrons. The highest BCUT2D eigenvalue weighted by Gasteiger charge is 2.21. The van der Waals surface area contributed by atoms with Gasteiger partial charge >= 0.3 is 11.9 Å². The monoisotopic (exact) mass is 590 g/mol. The van der Waals surface area contributed by atoms with E-state index in [-0.39, 0.29) is 55.5 Å². The number of carboxylic acid groups (broad SMARTS) is 1. The average molecular weight is 591 g/mol. The third-order valence-corrected chi connectivity index (χ3v) is 6.73. The van der Waals surface area contributed by atoms with Crippen LogP contribution in [-0.4, -0.2) is 57.2 Å². The van der Waals surface area contributed by atoms with Gasteiger partial charge < -0.3 is 30.9 Å². The number of aromatic amines is 1. The number of anilines is 1. The summed E-state index contributed by atoms with van der Waals surface area (Å²) in [6.45, 7) is 0.0581. The van der Waals surface area contributed by atoms with Crippen molar-refractivity contribution in [1.29, 1.82) is 0 Å². The van der Waals surface area contributed by atoms with Crippen LogP contribution in [0.1, 0.15) is 67.9 Å². The number of carbonyl (C=O) groups excluding carboxylic acids is 3. The predicted octanol–water partition coefficient (Wildman–Crippen LogP) is 2.04. The Bertz CT molecular complexity index is 1790. The SMILES string of the molecule is C.COC(=O)c1ccc2c(c1)CC[C@@H]2N.O=C1COc2ccc(CNC(=O)c3cc(C(=O)O)n4[nH]c(=O)cc4n3)cc2N1. The van der Waals surface area contributed by atoms with Gasteiger partial charge in [-0.05, 0) is 53.8 Å². The number of ether oxygens (including phenoxy) is 2. The predicted molar refractivity (Wildman–Crippen MR) is 154 cm³/mol. The summed E-state index contributed by atoms with van der Waals surface area (Å²) in [6.07, 6.45) is 1.93. The topological polar surface area (TPSA) is 207 Å². The lowest BCUT2D eigenvalue weighted by molar-refractivity contribution is -0.118. The van der Waals surface area contributed by atoms with Crippen LogP contribution in [0.15, 0.2) is 53.3 Å². The van der Waals surface area contributed by atoms with E-state index in [0.29, 0.717) is 22.6 Å². The minimum absolute atomic E-state index is 0. The number of esters is 1. The smallest absolute Gasteiger partial charge is 0.354 e. The lowest BCUT2D eigenvalue weighted by Gasteiger charge is -2.18. The summed E-state index contributed by atoms with van der Waals surface area (Å²) in [7, 11) is 1.39. The summed E-state index contributed by atoms with van der Waals surface area (Å²) in [5.74, 6) is -1.96. The molecule has 0 radical (unpaired) electrons. The second-order valence-electron chi connectivity index (χ2n) is 9.55. The van der Waals surface area contributed by atoms with Crippen LogP contribution in [0.5, 0.6) is 5.75 Å². The number of nitrogens with zero attached hydrogens (tertiary/aromatic N) is 2. The normalized spacial score (nSPS) is 14.6.